The first-order valence-corrected chi connectivity index (χ1v) is 4.08. The van der Waals surface area contributed by atoms with Crippen molar-refractivity contribution >= 4 is 0 Å². The van der Waals surface area contributed by atoms with E-state index >= 15 is 0 Å². The lowest BCUT2D eigenvalue weighted by molar-refractivity contribution is 0.474. The van der Waals surface area contributed by atoms with Gasteiger partial charge in [-0.25, -0.2) is 0 Å². The maximum Gasteiger partial charge on any atom is 0.0188 e. The Hall–Kier alpha value is -0.0800. The fourth-order valence-electron chi connectivity index (χ4n) is 0.471. The Balaban J connectivity index is 0. The smallest absolute Gasteiger partial charge is 0.0188 e. The molecule has 2 heteroatoms. The van der Waals surface area contributed by atoms with E-state index in [1.807, 2.05) is 20.9 Å². The average molecular weight is 146 g/mol. The van der Waals surface area contributed by atoms with Crippen molar-refractivity contribution in [2.24, 2.45) is 11.7 Å². The van der Waals surface area contributed by atoms with Crippen molar-refractivity contribution in [1.29, 1.82) is 0 Å². The number of nitrogens with two attached hydrogens (primary N) is 1. The Morgan fingerprint density at radius 2 is 1.70 bits per heavy atom. The van der Waals surface area contributed by atoms with Crippen LogP contribution in [0, 0.1) is 5.92 Å². The first-order chi connectivity index (χ1) is 4.68. The van der Waals surface area contributed by atoms with Crippen LogP contribution in [0.3, 0.4) is 0 Å². The van der Waals surface area contributed by atoms with Crippen molar-refractivity contribution in [3.8, 4) is 0 Å². The number of rotatable bonds is 3. The maximum atomic E-state index is 5.66. The minimum Gasteiger partial charge on any atom is -0.326 e. The van der Waals surface area contributed by atoms with Gasteiger partial charge < -0.3 is 11.1 Å². The minimum absolute atomic E-state index is 0.306. The van der Waals surface area contributed by atoms with Crippen LogP contribution >= 0.6 is 0 Å². The number of nitrogens with one attached hydrogen (secondary N) is 1. The molecule has 10 heavy (non-hydrogen) atoms. The van der Waals surface area contributed by atoms with E-state index in [2.05, 4.69) is 19.2 Å². The van der Waals surface area contributed by atoms with Crippen LogP contribution in [0.2, 0.25) is 0 Å². The molecule has 0 aliphatic heterocycles. The molecule has 0 aliphatic rings. The van der Waals surface area contributed by atoms with Crippen molar-refractivity contribution in [1.82, 2.24) is 5.32 Å². The Labute approximate surface area is 65.2 Å². The first-order valence-electron chi connectivity index (χ1n) is 4.08. The van der Waals surface area contributed by atoms with Gasteiger partial charge in [0, 0.05) is 12.6 Å². The van der Waals surface area contributed by atoms with E-state index in [0.29, 0.717) is 12.0 Å². The van der Waals surface area contributed by atoms with Gasteiger partial charge in [0.15, 0.2) is 0 Å². The second kappa shape index (κ2) is 8.92. The van der Waals surface area contributed by atoms with Gasteiger partial charge in [-0.1, -0.05) is 27.7 Å². The molecule has 1 atom stereocenters. The molecule has 0 aliphatic carbocycles. The summed E-state index contributed by atoms with van der Waals surface area (Å²) in [7, 11) is 1.92. The summed E-state index contributed by atoms with van der Waals surface area (Å²) in [5.74, 6) is 0.586. The van der Waals surface area contributed by atoms with E-state index in [9.17, 15) is 0 Å². The molecule has 0 aromatic heterocycles. The molecule has 0 amide bonds. The molecule has 0 bridgehead atoms. The predicted octanol–water partition coefficient (Wildman–Crippen LogP) is 1.22. The minimum atomic E-state index is 0.306. The van der Waals surface area contributed by atoms with Gasteiger partial charge in [-0.05, 0) is 13.0 Å². The molecule has 0 rings (SSSR count). The molecular weight excluding hydrogens is 124 g/mol. The summed E-state index contributed by atoms with van der Waals surface area (Å²) in [6, 6.07) is 0.306. The van der Waals surface area contributed by atoms with Crippen molar-refractivity contribution in [3.63, 3.8) is 0 Å². The second-order valence-corrected chi connectivity index (χ2v) is 2.47. The average Bonchev–Trinajstić information content (AvgIpc) is 1.93. The summed E-state index contributed by atoms with van der Waals surface area (Å²) in [5.41, 5.74) is 5.66. The van der Waals surface area contributed by atoms with Gasteiger partial charge in [-0.15, -0.1) is 0 Å². The fourth-order valence-corrected chi connectivity index (χ4v) is 0.471. The van der Waals surface area contributed by atoms with Crippen molar-refractivity contribution < 1.29 is 0 Å². The second-order valence-electron chi connectivity index (χ2n) is 2.47. The fraction of sp³-hybridized carbons (Fsp3) is 1.00. The van der Waals surface area contributed by atoms with Crippen LogP contribution < -0.4 is 11.1 Å². The van der Waals surface area contributed by atoms with Gasteiger partial charge in [0.05, 0.1) is 0 Å². The monoisotopic (exact) mass is 146 g/mol. The highest BCUT2D eigenvalue weighted by molar-refractivity contribution is 4.65. The van der Waals surface area contributed by atoms with Crippen molar-refractivity contribution in [3.05, 3.63) is 0 Å². The highest BCUT2D eigenvalue weighted by Crippen LogP contribution is 1.94. The van der Waals surface area contributed by atoms with Gasteiger partial charge in [0.1, 0.15) is 0 Å². The molecule has 0 aromatic carbocycles. The van der Waals surface area contributed by atoms with Crippen LogP contribution in [-0.4, -0.2) is 19.6 Å². The van der Waals surface area contributed by atoms with Gasteiger partial charge in [-0.2, -0.15) is 0 Å². The number of hydrogen-bond donors (Lipinski definition) is 2. The van der Waals surface area contributed by atoms with Crippen LogP contribution in [0.15, 0.2) is 0 Å². The predicted molar refractivity (Wildman–Crippen MR) is 48.1 cm³/mol. The Morgan fingerprint density at radius 1 is 1.30 bits per heavy atom. The zero-order valence-corrected chi connectivity index (χ0v) is 7.94. The summed E-state index contributed by atoms with van der Waals surface area (Å²) in [4.78, 5) is 0. The third-order valence-electron chi connectivity index (χ3n) is 1.30. The molecule has 0 fully saturated rings. The van der Waals surface area contributed by atoms with Crippen LogP contribution in [0.5, 0.6) is 0 Å². The standard InChI is InChI=1S/C6H16N2.C2H6/c1-5(2)6(7)4-8-3;1-2/h5-6,8H,4,7H2,1-3H3;1-2H3. The number of likely N-dealkylation sites (N-methyl/N-ethyl adjacent to an activating group) is 1. The summed E-state index contributed by atoms with van der Waals surface area (Å²) in [5, 5.41) is 3.02. The Morgan fingerprint density at radius 3 is 1.80 bits per heavy atom. The van der Waals surface area contributed by atoms with Gasteiger partial charge in [0.2, 0.25) is 0 Å². The normalized spacial score (nSPS) is 12.3. The van der Waals surface area contributed by atoms with E-state index in [4.69, 9.17) is 5.73 Å². The molecule has 64 valence electrons. The third kappa shape index (κ3) is 7.92. The molecular formula is C8H22N2. The van der Waals surface area contributed by atoms with Crippen LogP contribution in [-0.2, 0) is 0 Å². The van der Waals surface area contributed by atoms with E-state index in [1.54, 1.807) is 0 Å². The van der Waals surface area contributed by atoms with Crippen LogP contribution in [0.25, 0.3) is 0 Å². The molecule has 1 unspecified atom stereocenters. The summed E-state index contributed by atoms with van der Waals surface area (Å²) in [6.45, 7) is 9.17. The quantitative estimate of drug-likeness (QED) is 0.628. The molecule has 0 heterocycles. The Kier molecular flexibility index (Phi) is 11.2. The van der Waals surface area contributed by atoms with E-state index < -0.39 is 0 Å². The zero-order valence-electron chi connectivity index (χ0n) is 7.94. The lowest BCUT2D eigenvalue weighted by Crippen LogP contribution is -2.36. The molecule has 2 nitrogen and oxygen atoms in total. The molecule has 3 N–H and O–H groups in total. The zero-order chi connectivity index (χ0) is 8.57. The van der Waals surface area contributed by atoms with Crippen LogP contribution in [0.4, 0.5) is 0 Å². The van der Waals surface area contributed by atoms with Crippen molar-refractivity contribution in [2.75, 3.05) is 13.6 Å². The van der Waals surface area contributed by atoms with Gasteiger partial charge >= 0.3 is 0 Å². The third-order valence-corrected chi connectivity index (χ3v) is 1.30. The molecule has 0 aromatic rings. The summed E-state index contributed by atoms with van der Waals surface area (Å²) in [6.07, 6.45) is 0. The largest absolute Gasteiger partial charge is 0.326 e. The molecule has 0 radical (unpaired) electrons. The highest BCUT2D eigenvalue weighted by Gasteiger charge is 2.03. The van der Waals surface area contributed by atoms with Gasteiger partial charge in [0.25, 0.3) is 0 Å². The maximum absolute atomic E-state index is 5.66. The first kappa shape index (κ1) is 12.6. The van der Waals surface area contributed by atoms with E-state index in [1.165, 1.54) is 0 Å². The molecule has 0 saturated heterocycles. The Bertz CT molecular complexity index is 53.2. The topological polar surface area (TPSA) is 38.0 Å². The van der Waals surface area contributed by atoms with E-state index in [-0.39, 0.29) is 0 Å². The van der Waals surface area contributed by atoms with Crippen LogP contribution in [0.1, 0.15) is 27.7 Å². The SMILES string of the molecule is CC.CNCC(N)C(C)C. The number of hydrogen-bond acceptors (Lipinski definition) is 2. The molecule has 0 saturated carbocycles. The highest BCUT2D eigenvalue weighted by atomic mass is 14.9. The van der Waals surface area contributed by atoms with E-state index in [0.717, 1.165) is 6.54 Å². The summed E-state index contributed by atoms with van der Waals surface area (Å²) >= 11 is 0. The van der Waals surface area contributed by atoms with Crippen molar-refractivity contribution in [2.45, 2.75) is 33.7 Å². The molecule has 0 spiro atoms. The lowest BCUT2D eigenvalue weighted by Gasteiger charge is -2.13. The lowest BCUT2D eigenvalue weighted by atomic mass is 10.1. The summed E-state index contributed by atoms with van der Waals surface area (Å²) < 4.78 is 0. The van der Waals surface area contributed by atoms with Gasteiger partial charge in [-0.3, -0.25) is 0 Å².